The van der Waals surface area contributed by atoms with E-state index in [1.165, 1.54) is 0 Å². The monoisotopic (exact) mass is 250 g/mol. The van der Waals surface area contributed by atoms with Gasteiger partial charge in [0, 0.05) is 17.2 Å². The first-order valence-corrected chi connectivity index (χ1v) is 5.82. The predicted molar refractivity (Wildman–Crippen MR) is 71.5 cm³/mol. The molecule has 0 bridgehead atoms. The summed E-state index contributed by atoms with van der Waals surface area (Å²) in [5.41, 5.74) is 2.97. The van der Waals surface area contributed by atoms with Crippen LogP contribution in [0.3, 0.4) is 0 Å². The molecule has 0 radical (unpaired) electrons. The summed E-state index contributed by atoms with van der Waals surface area (Å²) < 4.78 is 0.859. The van der Waals surface area contributed by atoms with Crippen LogP contribution in [0.4, 0.5) is 0 Å². The molecule has 0 fully saturated rings. The second kappa shape index (κ2) is 4.49. The fourth-order valence-corrected chi connectivity index (χ4v) is 1.98. The molecule has 4 nitrogen and oxygen atoms in total. The van der Waals surface area contributed by atoms with Crippen LogP contribution in [0.25, 0.3) is 22.3 Å². The van der Waals surface area contributed by atoms with Crippen molar-refractivity contribution in [1.82, 2.24) is 4.98 Å². The number of nitrogens with zero attached hydrogens (tertiary/aromatic N) is 2. The van der Waals surface area contributed by atoms with Gasteiger partial charge in [0.25, 0.3) is 0 Å². The highest BCUT2D eigenvalue weighted by atomic mass is 16.5. The minimum atomic E-state index is 0.469. The molecule has 0 aliphatic rings. The lowest BCUT2D eigenvalue weighted by molar-refractivity contribution is -0.565. The maximum absolute atomic E-state index is 12.3. The lowest BCUT2D eigenvalue weighted by Gasteiger charge is -2.06. The average molecular weight is 250 g/mol. The van der Waals surface area contributed by atoms with Gasteiger partial charge in [0.05, 0.1) is 0 Å². The summed E-state index contributed by atoms with van der Waals surface area (Å²) in [7, 11) is 0. The summed E-state index contributed by atoms with van der Waals surface area (Å²) in [6.45, 7) is 0. The molecule has 0 atom stereocenters. The molecule has 92 valence electrons. The molecule has 0 aliphatic heterocycles. The van der Waals surface area contributed by atoms with Gasteiger partial charge in [0.2, 0.25) is 11.2 Å². The fraction of sp³-hybridized carbons (Fsp3) is 0. The van der Waals surface area contributed by atoms with E-state index in [4.69, 9.17) is 0 Å². The molecular formula is C15H10N2O2. The first kappa shape index (κ1) is 11.3. The standard InChI is InChI=1S/C15H10N2O2/c18-10-11-5-7-12(8-6-11)15-9-16-13-3-1-2-4-14(13)17(15)19/h1-10H. The summed E-state index contributed by atoms with van der Waals surface area (Å²) in [6, 6.07) is 14.0. The van der Waals surface area contributed by atoms with Gasteiger partial charge < -0.3 is 5.21 Å². The first-order chi connectivity index (χ1) is 9.29. The van der Waals surface area contributed by atoms with Crippen molar-refractivity contribution in [3.05, 3.63) is 65.5 Å². The van der Waals surface area contributed by atoms with E-state index in [9.17, 15) is 10.0 Å². The van der Waals surface area contributed by atoms with Crippen molar-refractivity contribution < 1.29 is 9.52 Å². The third kappa shape index (κ3) is 1.93. The Morgan fingerprint density at radius 1 is 1.05 bits per heavy atom. The SMILES string of the molecule is O=Cc1ccc(-c2cnc3ccccc3[n+]2[O-])cc1. The summed E-state index contributed by atoms with van der Waals surface area (Å²) in [5, 5.41) is 12.3. The van der Waals surface area contributed by atoms with Gasteiger partial charge in [-0.3, -0.25) is 4.79 Å². The molecular weight excluding hydrogens is 240 g/mol. The van der Waals surface area contributed by atoms with Crippen molar-refractivity contribution >= 4 is 17.3 Å². The minimum absolute atomic E-state index is 0.469. The lowest BCUT2D eigenvalue weighted by atomic mass is 10.1. The topological polar surface area (TPSA) is 56.9 Å². The third-order valence-electron chi connectivity index (χ3n) is 2.99. The second-order valence-electron chi connectivity index (χ2n) is 4.17. The highest BCUT2D eigenvalue weighted by molar-refractivity contribution is 5.77. The molecule has 2 aromatic carbocycles. The van der Waals surface area contributed by atoms with Crippen LogP contribution in [0.15, 0.2) is 54.7 Å². The number of carbonyl (C=O) groups excluding carboxylic acids is 1. The Morgan fingerprint density at radius 3 is 2.53 bits per heavy atom. The van der Waals surface area contributed by atoms with Crippen molar-refractivity contribution in [3.8, 4) is 11.3 Å². The van der Waals surface area contributed by atoms with Gasteiger partial charge in [-0.25, -0.2) is 4.98 Å². The van der Waals surface area contributed by atoms with Crippen molar-refractivity contribution in [3.63, 3.8) is 0 Å². The summed E-state index contributed by atoms with van der Waals surface area (Å²) in [5.74, 6) is 0. The van der Waals surface area contributed by atoms with Crippen molar-refractivity contribution in [2.24, 2.45) is 0 Å². The number of fused-ring (bicyclic) bond motifs is 1. The number of para-hydroxylation sites is 2. The van der Waals surface area contributed by atoms with E-state index in [0.29, 0.717) is 22.3 Å². The van der Waals surface area contributed by atoms with E-state index >= 15 is 0 Å². The van der Waals surface area contributed by atoms with E-state index in [0.717, 1.165) is 16.6 Å². The molecule has 3 aromatic rings. The zero-order valence-electron chi connectivity index (χ0n) is 9.98. The van der Waals surface area contributed by atoms with E-state index in [-0.39, 0.29) is 0 Å². The highest BCUT2D eigenvalue weighted by Gasteiger charge is 2.13. The van der Waals surface area contributed by atoms with Gasteiger partial charge in [-0.2, -0.15) is 4.73 Å². The van der Waals surface area contributed by atoms with Gasteiger partial charge in [-0.15, -0.1) is 0 Å². The molecule has 4 heteroatoms. The van der Waals surface area contributed by atoms with E-state index in [1.54, 1.807) is 48.7 Å². The lowest BCUT2D eigenvalue weighted by Crippen LogP contribution is -2.30. The van der Waals surface area contributed by atoms with Crippen LogP contribution in [0.2, 0.25) is 0 Å². The second-order valence-corrected chi connectivity index (χ2v) is 4.17. The minimum Gasteiger partial charge on any atom is -0.618 e. The van der Waals surface area contributed by atoms with E-state index in [2.05, 4.69) is 4.98 Å². The Bertz CT molecular complexity index is 752. The Kier molecular flexibility index (Phi) is 2.68. The van der Waals surface area contributed by atoms with Crippen LogP contribution in [-0.2, 0) is 0 Å². The van der Waals surface area contributed by atoms with E-state index in [1.807, 2.05) is 6.07 Å². The van der Waals surface area contributed by atoms with Crippen LogP contribution in [0.1, 0.15) is 10.4 Å². The Hall–Kier alpha value is -2.75. The van der Waals surface area contributed by atoms with Crippen LogP contribution < -0.4 is 4.73 Å². The van der Waals surface area contributed by atoms with Crippen LogP contribution in [-0.4, -0.2) is 11.3 Å². The molecule has 1 aromatic heterocycles. The Labute approximate surface area is 109 Å². The number of rotatable bonds is 2. The molecule has 0 N–H and O–H groups in total. The predicted octanol–water partition coefficient (Wildman–Crippen LogP) is 2.35. The maximum atomic E-state index is 12.3. The maximum Gasteiger partial charge on any atom is 0.242 e. The summed E-state index contributed by atoms with van der Waals surface area (Å²) >= 11 is 0. The van der Waals surface area contributed by atoms with Crippen LogP contribution >= 0.6 is 0 Å². The van der Waals surface area contributed by atoms with Gasteiger partial charge in [0.1, 0.15) is 18.0 Å². The molecule has 0 spiro atoms. The van der Waals surface area contributed by atoms with E-state index < -0.39 is 0 Å². The van der Waals surface area contributed by atoms with Gasteiger partial charge in [-0.1, -0.05) is 24.3 Å². The number of benzene rings is 2. The Morgan fingerprint density at radius 2 is 1.79 bits per heavy atom. The van der Waals surface area contributed by atoms with Crippen LogP contribution in [0, 0.1) is 5.21 Å². The molecule has 0 aliphatic carbocycles. The average Bonchev–Trinajstić information content (AvgIpc) is 2.48. The molecule has 1 heterocycles. The third-order valence-corrected chi connectivity index (χ3v) is 2.99. The molecule has 0 saturated carbocycles. The molecule has 0 saturated heterocycles. The Balaban J connectivity index is 2.18. The zero-order valence-corrected chi connectivity index (χ0v) is 9.98. The fourth-order valence-electron chi connectivity index (χ4n) is 1.98. The van der Waals surface area contributed by atoms with Gasteiger partial charge in [-0.05, 0) is 18.2 Å². The molecule has 3 rings (SSSR count). The largest absolute Gasteiger partial charge is 0.618 e. The number of aldehydes is 1. The number of hydrogen-bond acceptors (Lipinski definition) is 3. The molecule has 0 unspecified atom stereocenters. The quantitative estimate of drug-likeness (QED) is 0.398. The van der Waals surface area contributed by atoms with Crippen molar-refractivity contribution in [2.75, 3.05) is 0 Å². The molecule has 0 amide bonds. The van der Waals surface area contributed by atoms with Crippen molar-refractivity contribution in [2.45, 2.75) is 0 Å². The summed E-state index contributed by atoms with van der Waals surface area (Å²) in [4.78, 5) is 14.9. The normalized spacial score (nSPS) is 10.5. The smallest absolute Gasteiger partial charge is 0.242 e. The number of carbonyl (C=O) groups is 1. The number of hydrogen-bond donors (Lipinski definition) is 0. The highest BCUT2D eigenvalue weighted by Crippen LogP contribution is 2.17. The van der Waals surface area contributed by atoms with Gasteiger partial charge >= 0.3 is 0 Å². The van der Waals surface area contributed by atoms with Crippen molar-refractivity contribution in [1.29, 1.82) is 0 Å². The molecule has 19 heavy (non-hydrogen) atoms. The van der Waals surface area contributed by atoms with Crippen LogP contribution in [0.5, 0.6) is 0 Å². The zero-order chi connectivity index (χ0) is 13.2. The first-order valence-electron chi connectivity index (χ1n) is 5.82. The van der Waals surface area contributed by atoms with Gasteiger partial charge in [0.15, 0.2) is 0 Å². The summed E-state index contributed by atoms with van der Waals surface area (Å²) in [6.07, 6.45) is 2.32. The number of aromatic nitrogens is 2.